The van der Waals surface area contributed by atoms with Crippen LogP contribution >= 0.6 is 11.8 Å². The number of nitrogen functional groups attached to an aromatic ring is 1. The lowest BCUT2D eigenvalue weighted by molar-refractivity contribution is -0.113. The molecule has 4 nitrogen and oxygen atoms in total. The van der Waals surface area contributed by atoms with Gasteiger partial charge in [0.05, 0.1) is 17.0 Å². The Morgan fingerprint density at radius 2 is 1.90 bits per heavy atom. The zero-order chi connectivity index (χ0) is 14.4. The molecule has 2 aromatic rings. The summed E-state index contributed by atoms with van der Waals surface area (Å²) in [4.78, 5) is 12.8. The molecular weight excluding hydrogens is 270 g/mol. The first kappa shape index (κ1) is 14.0. The molecule has 5 heteroatoms. The molecule has 100 valence electrons. The van der Waals surface area contributed by atoms with E-state index in [-0.39, 0.29) is 11.7 Å². The van der Waals surface area contributed by atoms with E-state index < -0.39 is 0 Å². The Balaban J connectivity index is 1.97. The van der Waals surface area contributed by atoms with Crippen LogP contribution in [0.3, 0.4) is 0 Å². The number of nitrogens with two attached hydrogens (primary N) is 1. The van der Waals surface area contributed by atoms with Crippen molar-refractivity contribution < 1.29 is 4.79 Å². The maximum Gasteiger partial charge on any atom is 0.234 e. The Morgan fingerprint density at radius 3 is 2.65 bits per heavy atom. The highest BCUT2D eigenvalue weighted by Gasteiger charge is 2.07. The first-order valence-electron chi connectivity index (χ1n) is 5.97. The van der Waals surface area contributed by atoms with E-state index in [1.807, 2.05) is 24.3 Å². The second kappa shape index (κ2) is 6.64. The summed E-state index contributed by atoms with van der Waals surface area (Å²) in [5.41, 5.74) is 7.44. The van der Waals surface area contributed by atoms with E-state index in [2.05, 4.69) is 5.32 Å². The summed E-state index contributed by atoms with van der Waals surface area (Å²) >= 11 is 1.37. The Hall–Kier alpha value is -2.45. The van der Waals surface area contributed by atoms with Crippen LogP contribution in [0.2, 0.25) is 0 Å². The number of carbonyl (C=O) groups excluding carboxylic acids is 1. The molecule has 20 heavy (non-hydrogen) atoms. The van der Waals surface area contributed by atoms with E-state index >= 15 is 0 Å². The summed E-state index contributed by atoms with van der Waals surface area (Å²) in [6.07, 6.45) is 0. The average molecular weight is 283 g/mol. The highest BCUT2D eigenvalue weighted by Crippen LogP contribution is 2.24. The first-order valence-corrected chi connectivity index (χ1v) is 6.95. The fraction of sp³-hybridized carbons (Fsp3) is 0.0667. The van der Waals surface area contributed by atoms with Crippen molar-refractivity contribution in [3.05, 3.63) is 54.1 Å². The van der Waals surface area contributed by atoms with E-state index in [1.165, 1.54) is 11.8 Å². The van der Waals surface area contributed by atoms with Crippen LogP contribution in [0.5, 0.6) is 0 Å². The van der Waals surface area contributed by atoms with Gasteiger partial charge in [-0.3, -0.25) is 4.79 Å². The lowest BCUT2D eigenvalue weighted by Gasteiger charge is -2.07. The highest BCUT2D eigenvalue weighted by atomic mass is 32.2. The molecule has 0 aliphatic carbocycles. The molecule has 1 amide bonds. The van der Waals surface area contributed by atoms with E-state index in [1.54, 1.807) is 30.3 Å². The third kappa shape index (κ3) is 3.53. The van der Waals surface area contributed by atoms with Gasteiger partial charge in [-0.25, -0.2) is 0 Å². The van der Waals surface area contributed by atoms with Crippen molar-refractivity contribution in [3.8, 4) is 6.07 Å². The summed E-state index contributed by atoms with van der Waals surface area (Å²) in [6.45, 7) is 0. The lowest BCUT2D eigenvalue weighted by atomic mass is 10.2. The second-order valence-corrected chi connectivity index (χ2v) is 5.05. The molecule has 3 N–H and O–H groups in total. The summed E-state index contributed by atoms with van der Waals surface area (Å²) in [6, 6.07) is 16.3. The minimum atomic E-state index is -0.166. The van der Waals surface area contributed by atoms with Gasteiger partial charge in [-0.2, -0.15) is 5.26 Å². The van der Waals surface area contributed by atoms with E-state index in [9.17, 15) is 4.79 Å². The van der Waals surface area contributed by atoms with Crippen molar-refractivity contribution in [3.63, 3.8) is 0 Å². The molecular formula is C15H13N3OS. The summed E-state index contributed by atoms with van der Waals surface area (Å²) in [5.74, 6) is 0.0782. The quantitative estimate of drug-likeness (QED) is 0.668. The molecule has 0 aromatic heterocycles. The van der Waals surface area contributed by atoms with Crippen LogP contribution in [-0.2, 0) is 4.79 Å². The number of amides is 1. The van der Waals surface area contributed by atoms with E-state index in [0.717, 1.165) is 4.90 Å². The van der Waals surface area contributed by atoms with Crippen molar-refractivity contribution in [2.24, 2.45) is 0 Å². The Morgan fingerprint density at radius 1 is 1.20 bits per heavy atom. The van der Waals surface area contributed by atoms with Crippen LogP contribution in [0.4, 0.5) is 11.4 Å². The minimum absolute atomic E-state index is 0.166. The number of benzene rings is 2. The molecule has 2 rings (SSSR count). The summed E-state index contributed by atoms with van der Waals surface area (Å²) in [5, 5.41) is 11.7. The number of nitrogens with zero attached hydrogens (tertiary/aromatic N) is 1. The highest BCUT2D eigenvalue weighted by molar-refractivity contribution is 8.00. The van der Waals surface area contributed by atoms with Gasteiger partial charge in [0.15, 0.2) is 0 Å². The van der Waals surface area contributed by atoms with Crippen LogP contribution in [0, 0.1) is 11.3 Å². The number of hydrogen-bond donors (Lipinski definition) is 2. The van der Waals surface area contributed by atoms with Gasteiger partial charge in [0.25, 0.3) is 0 Å². The zero-order valence-corrected chi connectivity index (χ0v) is 11.5. The molecule has 2 aromatic carbocycles. The Labute approximate surface area is 121 Å². The van der Waals surface area contributed by atoms with Crippen molar-refractivity contribution in [1.29, 1.82) is 5.26 Å². The third-order valence-corrected chi connectivity index (χ3v) is 3.69. The van der Waals surface area contributed by atoms with Gasteiger partial charge in [0.1, 0.15) is 6.07 Å². The standard InChI is InChI=1S/C15H13N3OS/c16-9-11-5-1-3-7-13(11)18-15(19)10-20-14-8-4-2-6-12(14)17/h1-8H,10,17H2,(H,18,19). The van der Waals surface area contributed by atoms with Crippen molar-refractivity contribution in [1.82, 2.24) is 0 Å². The predicted octanol–water partition coefficient (Wildman–Crippen LogP) is 2.87. The van der Waals surface area contributed by atoms with Gasteiger partial charge in [0.2, 0.25) is 5.91 Å². The molecule has 0 radical (unpaired) electrons. The average Bonchev–Trinajstić information content (AvgIpc) is 2.47. The second-order valence-electron chi connectivity index (χ2n) is 4.03. The number of anilines is 2. The molecule has 0 heterocycles. The fourth-order valence-corrected chi connectivity index (χ4v) is 2.40. The normalized spacial score (nSPS) is 9.75. The lowest BCUT2D eigenvalue weighted by Crippen LogP contribution is -2.15. The number of nitrogens with one attached hydrogen (secondary N) is 1. The van der Waals surface area contributed by atoms with Crippen LogP contribution < -0.4 is 11.1 Å². The smallest absolute Gasteiger partial charge is 0.234 e. The van der Waals surface area contributed by atoms with E-state index in [4.69, 9.17) is 11.0 Å². The molecule has 0 bridgehead atoms. The summed E-state index contributed by atoms with van der Waals surface area (Å²) in [7, 11) is 0. The van der Waals surface area contributed by atoms with Gasteiger partial charge in [-0.15, -0.1) is 11.8 Å². The first-order chi connectivity index (χ1) is 9.70. The van der Waals surface area contributed by atoms with Gasteiger partial charge in [-0.1, -0.05) is 24.3 Å². The van der Waals surface area contributed by atoms with Crippen LogP contribution in [0.25, 0.3) is 0 Å². The molecule has 0 fully saturated rings. The molecule has 0 aliphatic rings. The number of hydrogen-bond acceptors (Lipinski definition) is 4. The van der Waals surface area contributed by atoms with Crippen molar-refractivity contribution in [2.45, 2.75) is 4.90 Å². The van der Waals surface area contributed by atoms with Crippen LogP contribution in [0.15, 0.2) is 53.4 Å². The molecule has 0 spiro atoms. The van der Waals surface area contributed by atoms with Gasteiger partial charge in [0, 0.05) is 10.6 Å². The predicted molar refractivity (Wildman–Crippen MR) is 81.4 cm³/mol. The maximum atomic E-state index is 11.9. The number of rotatable bonds is 4. The van der Waals surface area contributed by atoms with Gasteiger partial charge < -0.3 is 11.1 Å². The minimum Gasteiger partial charge on any atom is -0.398 e. The molecule has 0 aliphatic heterocycles. The molecule has 0 atom stereocenters. The number of carbonyl (C=O) groups is 1. The monoisotopic (exact) mass is 283 g/mol. The van der Waals surface area contributed by atoms with Crippen molar-refractivity contribution in [2.75, 3.05) is 16.8 Å². The fourth-order valence-electron chi connectivity index (χ4n) is 1.63. The van der Waals surface area contributed by atoms with Gasteiger partial charge in [-0.05, 0) is 24.3 Å². The Kier molecular flexibility index (Phi) is 4.64. The molecule has 0 saturated carbocycles. The summed E-state index contributed by atoms with van der Waals surface area (Å²) < 4.78 is 0. The number of nitriles is 1. The van der Waals surface area contributed by atoms with Gasteiger partial charge >= 0.3 is 0 Å². The van der Waals surface area contributed by atoms with Crippen LogP contribution in [-0.4, -0.2) is 11.7 Å². The van der Waals surface area contributed by atoms with Crippen molar-refractivity contribution >= 4 is 29.0 Å². The zero-order valence-electron chi connectivity index (χ0n) is 10.7. The van der Waals surface area contributed by atoms with Crippen LogP contribution in [0.1, 0.15) is 5.56 Å². The number of para-hydroxylation sites is 2. The topological polar surface area (TPSA) is 78.9 Å². The van der Waals surface area contributed by atoms with E-state index in [0.29, 0.717) is 16.9 Å². The largest absolute Gasteiger partial charge is 0.398 e. The maximum absolute atomic E-state index is 11.9. The molecule has 0 unspecified atom stereocenters. The SMILES string of the molecule is N#Cc1ccccc1NC(=O)CSc1ccccc1N. The molecule has 0 saturated heterocycles. The number of thioether (sulfide) groups is 1. The third-order valence-electron chi connectivity index (χ3n) is 2.60. The Bertz CT molecular complexity index is 664.